The molecule has 17 heavy (non-hydrogen) atoms. The number of pyridine rings is 1. The highest BCUT2D eigenvalue weighted by Gasteiger charge is 2.10. The van der Waals surface area contributed by atoms with E-state index in [0.717, 1.165) is 0 Å². The quantitative estimate of drug-likeness (QED) is 0.846. The second-order valence-electron chi connectivity index (χ2n) is 3.41. The van der Waals surface area contributed by atoms with Crippen molar-refractivity contribution in [2.24, 2.45) is 0 Å². The van der Waals surface area contributed by atoms with Gasteiger partial charge in [-0.1, -0.05) is 29.3 Å². The van der Waals surface area contributed by atoms with Crippen LogP contribution in [0.4, 0.5) is 4.39 Å². The molecule has 0 atom stereocenters. The molecule has 0 aliphatic heterocycles. The monoisotopic (exact) mass is 271 g/mol. The van der Waals surface area contributed by atoms with E-state index in [1.807, 2.05) is 0 Å². The van der Waals surface area contributed by atoms with E-state index in [1.165, 1.54) is 12.1 Å². The van der Waals surface area contributed by atoms with Crippen molar-refractivity contribution in [2.45, 2.75) is 6.61 Å². The number of nitrogens with zero attached hydrogens (tertiary/aromatic N) is 1. The summed E-state index contributed by atoms with van der Waals surface area (Å²) < 4.78 is 12.9. The van der Waals surface area contributed by atoms with Crippen molar-refractivity contribution in [2.75, 3.05) is 0 Å². The van der Waals surface area contributed by atoms with Gasteiger partial charge in [0.05, 0.1) is 12.3 Å². The molecule has 0 fully saturated rings. The molecular formula is C12H8Cl2FNO. The first-order chi connectivity index (χ1) is 8.11. The first-order valence-electron chi connectivity index (χ1n) is 4.83. The maximum atomic E-state index is 12.9. The van der Waals surface area contributed by atoms with Gasteiger partial charge in [-0.3, -0.25) is 0 Å². The van der Waals surface area contributed by atoms with Gasteiger partial charge in [-0.2, -0.15) is 4.39 Å². The van der Waals surface area contributed by atoms with Crippen molar-refractivity contribution in [1.29, 1.82) is 0 Å². The Morgan fingerprint density at radius 3 is 2.47 bits per heavy atom. The summed E-state index contributed by atoms with van der Waals surface area (Å²) in [6.07, 6.45) is 0. The van der Waals surface area contributed by atoms with Crippen molar-refractivity contribution in [1.82, 2.24) is 4.98 Å². The first-order valence-corrected chi connectivity index (χ1v) is 5.59. The lowest BCUT2D eigenvalue weighted by atomic mass is 10.0. The van der Waals surface area contributed by atoms with E-state index in [0.29, 0.717) is 21.2 Å². The van der Waals surface area contributed by atoms with Gasteiger partial charge in [0.2, 0.25) is 5.95 Å². The zero-order valence-corrected chi connectivity index (χ0v) is 10.1. The van der Waals surface area contributed by atoms with Crippen LogP contribution in [0, 0.1) is 5.95 Å². The number of aliphatic hydroxyl groups is 1. The van der Waals surface area contributed by atoms with Crippen LogP contribution in [0.25, 0.3) is 11.1 Å². The number of benzene rings is 1. The van der Waals surface area contributed by atoms with Crippen LogP contribution in [0.3, 0.4) is 0 Å². The molecule has 1 heterocycles. The summed E-state index contributed by atoms with van der Waals surface area (Å²) in [4.78, 5) is 3.62. The lowest BCUT2D eigenvalue weighted by Gasteiger charge is -2.08. The second-order valence-corrected chi connectivity index (χ2v) is 4.25. The van der Waals surface area contributed by atoms with Gasteiger partial charge in [0.25, 0.3) is 0 Å². The molecule has 0 amide bonds. The summed E-state index contributed by atoms with van der Waals surface area (Å²) in [6.45, 7) is -0.355. The fourth-order valence-corrected chi connectivity index (χ4v) is 2.06. The van der Waals surface area contributed by atoms with Crippen molar-refractivity contribution in [3.05, 3.63) is 52.0 Å². The molecule has 0 radical (unpaired) electrons. The molecule has 0 unspecified atom stereocenters. The molecule has 0 saturated heterocycles. The Hall–Kier alpha value is -1.16. The number of aliphatic hydroxyl groups excluding tert-OH is 1. The minimum atomic E-state index is -0.636. The molecule has 1 aromatic carbocycles. The van der Waals surface area contributed by atoms with Crippen LogP contribution in [0.15, 0.2) is 30.3 Å². The van der Waals surface area contributed by atoms with Crippen molar-refractivity contribution in [3.8, 4) is 11.1 Å². The molecule has 0 saturated carbocycles. The smallest absolute Gasteiger partial charge is 0.213 e. The number of rotatable bonds is 2. The van der Waals surface area contributed by atoms with E-state index in [4.69, 9.17) is 28.3 Å². The van der Waals surface area contributed by atoms with E-state index >= 15 is 0 Å². The maximum Gasteiger partial charge on any atom is 0.213 e. The molecule has 0 aliphatic carbocycles. The molecule has 2 nitrogen and oxygen atoms in total. The molecule has 2 rings (SSSR count). The number of hydrogen-bond donors (Lipinski definition) is 1. The number of halogens is 3. The molecule has 5 heteroatoms. The molecular weight excluding hydrogens is 264 g/mol. The zero-order chi connectivity index (χ0) is 12.4. The fourth-order valence-electron chi connectivity index (χ4n) is 1.55. The van der Waals surface area contributed by atoms with E-state index in [9.17, 15) is 4.39 Å². The summed E-state index contributed by atoms with van der Waals surface area (Å²) in [7, 11) is 0. The van der Waals surface area contributed by atoms with Gasteiger partial charge in [0, 0.05) is 21.2 Å². The summed E-state index contributed by atoms with van der Waals surface area (Å²) in [5.74, 6) is -0.636. The summed E-state index contributed by atoms with van der Waals surface area (Å²) in [5.41, 5.74) is 1.50. The molecule has 0 bridgehead atoms. The lowest BCUT2D eigenvalue weighted by Crippen LogP contribution is -1.96. The van der Waals surface area contributed by atoms with E-state index in [-0.39, 0.29) is 12.3 Å². The third-order valence-corrected chi connectivity index (χ3v) is 2.86. The molecule has 1 N–H and O–H groups in total. The van der Waals surface area contributed by atoms with Crippen LogP contribution in [-0.2, 0) is 6.61 Å². The van der Waals surface area contributed by atoms with Crippen LogP contribution < -0.4 is 0 Å². The van der Waals surface area contributed by atoms with Crippen LogP contribution >= 0.6 is 23.2 Å². The zero-order valence-electron chi connectivity index (χ0n) is 8.62. The Morgan fingerprint density at radius 2 is 1.82 bits per heavy atom. The van der Waals surface area contributed by atoms with Crippen molar-refractivity contribution < 1.29 is 9.50 Å². The van der Waals surface area contributed by atoms with Crippen molar-refractivity contribution in [3.63, 3.8) is 0 Å². The largest absolute Gasteiger partial charge is 0.390 e. The predicted molar refractivity (Wildman–Crippen MR) is 65.6 cm³/mol. The van der Waals surface area contributed by atoms with Crippen LogP contribution in [0.1, 0.15) is 5.69 Å². The highest BCUT2D eigenvalue weighted by atomic mass is 35.5. The highest BCUT2D eigenvalue weighted by molar-refractivity contribution is 6.36. The molecule has 88 valence electrons. The van der Waals surface area contributed by atoms with Crippen LogP contribution in [0.2, 0.25) is 10.0 Å². The topological polar surface area (TPSA) is 33.1 Å². The minimum absolute atomic E-state index is 0.245. The highest BCUT2D eigenvalue weighted by Crippen LogP contribution is 2.31. The van der Waals surface area contributed by atoms with Gasteiger partial charge in [0.15, 0.2) is 0 Å². The standard InChI is InChI=1S/C12H8Cl2FNO/c13-7-1-2-8(10(14)5-7)9-3-4-12(15)16-11(9)6-17/h1-5,17H,6H2. The number of aromatic nitrogens is 1. The Balaban J connectivity index is 2.60. The molecule has 2 aromatic rings. The first kappa shape index (κ1) is 12.3. The Labute approximate surface area is 108 Å². The second kappa shape index (κ2) is 5.00. The third kappa shape index (κ3) is 2.57. The maximum absolute atomic E-state index is 12.9. The Kier molecular flexibility index (Phi) is 3.62. The molecule has 0 spiro atoms. The van der Waals surface area contributed by atoms with Gasteiger partial charge in [-0.05, 0) is 24.3 Å². The Bertz CT molecular complexity index is 560. The minimum Gasteiger partial charge on any atom is -0.390 e. The number of hydrogen-bond acceptors (Lipinski definition) is 2. The summed E-state index contributed by atoms with van der Waals surface area (Å²) in [5, 5.41) is 10.1. The van der Waals surface area contributed by atoms with E-state index in [1.54, 1.807) is 18.2 Å². The van der Waals surface area contributed by atoms with Gasteiger partial charge in [-0.15, -0.1) is 0 Å². The van der Waals surface area contributed by atoms with Crippen LogP contribution in [0.5, 0.6) is 0 Å². The lowest BCUT2D eigenvalue weighted by molar-refractivity contribution is 0.275. The SMILES string of the molecule is OCc1nc(F)ccc1-c1ccc(Cl)cc1Cl. The van der Waals surface area contributed by atoms with Gasteiger partial charge < -0.3 is 5.11 Å². The third-order valence-electron chi connectivity index (χ3n) is 2.31. The van der Waals surface area contributed by atoms with E-state index < -0.39 is 5.95 Å². The predicted octanol–water partition coefficient (Wildman–Crippen LogP) is 3.69. The van der Waals surface area contributed by atoms with Gasteiger partial charge >= 0.3 is 0 Å². The summed E-state index contributed by atoms with van der Waals surface area (Å²) in [6, 6.07) is 7.72. The fraction of sp³-hybridized carbons (Fsp3) is 0.0833. The average Bonchev–Trinajstić information content (AvgIpc) is 2.30. The summed E-state index contributed by atoms with van der Waals surface area (Å²) >= 11 is 11.8. The van der Waals surface area contributed by atoms with Gasteiger partial charge in [-0.25, -0.2) is 4.98 Å². The van der Waals surface area contributed by atoms with E-state index in [2.05, 4.69) is 4.98 Å². The van der Waals surface area contributed by atoms with Gasteiger partial charge in [0.1, 0.15) is 0 Å². The molecule has 0 aliphatic rings. The molecule has 1 aromatic heterocycles. The normalized spacial score (nSPS) is 10.6. The average molecular weight is 272 g/mol. The van der Waals surface area contributed by atoms with Crippen LogP contribution in [-0.4, -0.2) is 10.1 Å². The Morgan fingerprint density at radius 1 is 1.12 bits per heavy atom. The van der Waals surface area contributed by atoms with Crippen molar-refractivity contribution >= 4 is 23.2 Å².